The first-order valence-corrected chi connectivity index (χ1v) is 8.65. The predicted molar refractivity (Wildman–Crippen MR) is 96.7 cm³/mol. The molecule has 1 fully saturated rings. The van der Waals surface area contributed by atoms with Gasteiger partial charge < -0.3 is 10.2 Å². The van der Waals surface area contributed by atoms with Crippen LogP contribution in [0, 0.1) is 0 Å². The van der Waals surface area contributed by atoms with Crippen molar-refractivity contribution in [1.82, 2.24) is 25.4 Å². The van der Waals surface area contributed by atoms with E-state index in [4.69, 9.17) is 0 Å². The summed E-state index contributed by atoms with van der Waals surface area (Å²) in [6.45, 7) is 1.19. The van der Waals surface area contributed by atoms with E-state index < -0.39 is 0 Å². The number of aromatic amines is 1. The summed E-state index contributed by atoms with van der Waals surface area (Å²) in [7, 11) is 0. The van der Waals surface area contributed by atoms with Crippen molar-refractivity contribution < 1.29 is 9.59 Å². The fourth-order valence-electron chi connectivity index (χ4n) is 3.27. The number of amides is 2. The molecule has 0 radical (unpaired) electrons. The Balaban J connectivity index is 1.37. The van der Waals surface area contributed by atoms with Crippen molar-refractivity contribution in [1.29, 1.82) is 0 Å². The lowest BCUT2D eigenvalue weighted by molar-refractivity contribution is 0.0694. The lowest BCUT2D eigenvalue weighted by atomic mass is 10.0. The van der Waals surface area contributed by atoms with Crippen molar-refractivity contribution in [3.8, 4) is 0 Å². The van der Waals surface area contributed by atoms with Crippen LogP contribution in [-0.4, -0.2) is 51.0 Å². The van der Waals surface area contributed by atoms with Crippen molar-refractivity contribution in [3.63, 3.8) is 0 Å². The number of para-hydroxylation sites is 1. The zero-order valence-electron chi connectivity index (χ0n) is 14.2. The van der Waals surface area contributed by atoms with Gasteiger partial charge in [-0.25, -0.2) is 0 Å². The fraction of sp³-hybridized carbons (Fsp3) is 0.263. The van der Waals surface area contributed by atoms with Crippen molar-refractivity contribution >= 4 is 22.7 Å². The summed E-state index contributed by atoms with van der Waals surface area (Å²) < 4.78 is 0. The number of benzene rings is 1. The third-order valence-electron chi connectivity index (χ3n) is 4.71. The summed E-state index contributed by atoms with van der Waals surface area (Å²) in [5.41, 5.74) is 1.86. The molecule has 7 nitrogen and oxygen atoms in total. The molecule has 2 amide bonds. The summed E-state index contributed by atoms with van der Waals surface area (Å²) in [5, 5.41) is 10.9. The molecule has 1 aliphatic rings. The summed E-state index contributed by atoms with van der Waals surface area (Å²) >= 11 is 0. The zero-order chi connectivity index (χ0) is 17.9. The van der Waals surface area contributed by atoms with Crippen molar-refractivity contribution in [3.05, 3.63) is 60.0 Å². The van der Waals surface area contributed by atoms with E-state index in [1.807, 2.05) is 24.3 Å². The van der Waals surface area contributed by atoms with Crippen LogP contribution in [0.4, 0.5) is 0 Å². The first kappa shape index (κ1) is 16.3. The van der Waals surface area contributed by atoms with Crippen molar-refractivity contribution in [2.45, 2.75) is 18.9 Å². The predicted octanol–water partition coefficient (Wildman–Crippen LogP) is 1.99. The summed E-state index contributed by atoms with van der Waals surface area (Å²) in [5.74, 6) is -0.194. The van der Waals surface area contributed by atoms with Crippen LogP contribution in [0.3, 0.4) is 0 Å². The Morgan fingerprint density at radius 3 is 2.69 bits per heavy atom. The van der Waals surface area contributed by atoms with E-state index in [-0.39, 0.29) is 17.9 Å². The number of carbonyl (C=O) groups excluding carboxylic acids is 2. The maximum atomic E-state index is 12.8. The first-order chi connectivity index (χ1) is 12.7. The molecule has 0 saturated carbocycles. The molecule has 7 heteroatoms. The number of nitrogens with zero attached hydrogens (tertiary/aromatic N) is 3. The van der Waals surface area contributed by atoms with Gasteiger partial charge in [0.15, 0.2) is 5.69 Å². The molecule has 0 unspecified atom stereocenters. The normalized spacial score (nSPS) is 15.2. The van der Waals surface area contributed by atoms with E-state index in [9.17, 15) is 9.59 Å². The highest BCUT2D eigenvalue weighted by molar-refractivity contribution is 6.04. The molecular formula is C19H19N5O2. The van der Waals surface area contributed by atoms with Gasteiger partial charge >= 0.3 is 0 Å². The largest absolute Gasteiger partial charge is 0.349 e. The van der Waals surface area contributed by atoms with Crippen LogP contribution in [0.1, 0.15) is 33.7 Å². The third kappa shape index (κ3) is 3.15. The Kier molecular flexibility index (Phi) is 4.35. The minimum atomic E-state index is -0.124. The van der Waals surface area contributed by atoms with Gasteiger partial charge in [0.25, 0.3) is 11.8 Å². The number of hydrogen-bond acceptors (Lipinski definition) is 4. The van der Waals surface area contributed by atoms with Gasteiger partial charge in [0.2, 0.25) is 0 Å². The maximum Gasteiger partial charge on any atom is 0.274 e. The Morgan fingerprint density at radius 2 is 1.92 bits per heavy atom. The van der Waals surface area contributed by atoms with Crippen LogP contribution in [0.25, 0.3) is 10.9 Å². The highest BCUT2D eigenvalue weighted by atomic mass is 16.2. The standard InChI is InChI=1S/C19H19N5O2/c25-18(13-4-3-9-20-12-13)21-14-7-10-24(11-8-14)19(26)17-15-5-1-2-6-16(15)22-23-17/h1-6,9,12,14H,7-8,10-11H2,(H,21,25)(H,22,23). The molecule has 2 N–H and O–H groups in total. The number of H-pyrrole nitrogens is 1. The van der Waals surface area contributed by atoms with E-state index in [1.165, 1.54) is 0 Å². The molecule has 0 bridgehead atoms. The van der Waals surface area contributed by atoms with Gasteiger partial charge in [-0.15, -0.1) is 0 Å². The summed E-state index contributed by atoms with van der Waals surface area (Å²) in [4.78, 5) is 30.8. The molecule has 0 spiro atoms. The Bertz CT molecular complexity index is 929. The summed E-state index contributed by atoms with van der Waals surface area (Å²) in [6.07, 6.45) is 4.64. The highest BCUT2D eigenvalue weighted by Crippen LogP contribution is 2.19. The van der Waals surface area contributed by atoms with Crippen LogP contribution in [0.15, 0.2) is 48.8 Å². The Morgan fingerprint density at radius 1 is 1.12 bits per heavy atom. The van der Waals surface area contributed by atoms with Crippen LogP contribution in [-0.2, 0) is 0 Å². The van der Waals surface area contributed by atoms with Crippen LogP contribution in [0.2, 0.25) is 0 Å². The smallest absolute Gasteiger partial charge is 0.274 e. The van der Waals surface area contributed by atoms with Gasteiger partial charge in [0.1, 0.15) is 0 Å². The quantitative estimate of drug-likeness (QED) is 0.756. The van der Waals surface area contributed by atoms with Gasteiger partial charge in [-0.1, -0.05) is 18.2 Å². The molecular weight excluding hydrogens is 330 g/mol. The second-order valence-corrected chi connectivity index (χ2v) is 6.40. The molecule has 1 aliphatic heterocycles. The van der Waals surface area contributed by atoms with Crippen LogP contribution in [0.5, 0.6) is 0 Å². The number of carbonyl (C=O) groups is 2. The van der Waals surface area contributed by atoms with Crippen molar-refractivity contribution in [2.24, 2.45) is 0 Å². The molecule has 132 valence electrons. The Hall–Kier alpha value is -3.22. The molecule has 4 rings (SSSR count). The topological polar surface area (TPSA) is 91.0 Å². The number of aromatic nitrogens is 3. The maximum absolute atomic E-state index is 12.8. The van der Waals surface area contributed by atoms with E-state index >= 15 is 0 Å². The number of rotatable bonds is 3. The number of pyridine rings is 1. The van der Waals surface area contributed by atoms with E-state index in [2.05, 4.69) is 20.5 Å². The SMILES string of the molecule is O=C(NC1CCN(C(=O)c2n[nH]c3ccccc23)CC1)c1cccnc1. The minimum Gasteiger partial charge on any atom is -0.349 e. The van der Waals surface area contributed by atoms with Gasteiger partial charge in [-0.05, 0) is 31.0 Å². The van der Waals surface area contributed by atoms with Gasteiger partial charge in [0.05, 0.1) is 11.1 Å². The fourth-order valence-corrected chi connectivity index (χ4v) is 3.27. The lowest BCUT2D eigenvalue weighted by Crippen LogP contribution is -2.46. The molecule has 3 aromatic rings. The second-order valence-electron chi connectivity index (χ2n) is 6.40. The van der Waals surface area contributed by atoms with Gasteiger partial charge in [-0.2, -0.15) is 5.10 Å². The van der Waals surface area contributed by atoms with E-state index in [0.717, 1.165) is 23.7 Å². The Labute approximate surface area is 150 Å². The highest BCUT2D eigenvalue weighted by Gasteiger charge is 2.27. The number of piperidine rings is 1. The third-order valence-corrected chi connectivity index (χ3v) is 4.71. The first-order valence-electron chi connectivity index (χ1n) is 8.65. The zero-order valence-corrected chi connectivity index (χ0v) is 14.2. The minimum absolute atomic E-state index is 0.0580. The van der Waals surface area contributed by atoms with E-state index in [0.29, 0.717) is 24.3 Å². The summed E-state index contributed by atoms with van der Waals surface area (Å²) in [6, 6.07) is 11.1. The number of hydrogen-bond donors (Lipinski definition) is 2. The molecule has 1 saturated heterocycles. The molecule has 1 aromatic carbocycles. The molecule has 0 atom stereocenters. The molecule has 3 heterocycles. The monoisotopic (exact) mass is 349 g/mol. The molecule has 0 aliphatic carbocycles. The van der Waals surface area contributed by atoms with Crippen LogP contribution >= 0.6 is 0 Å². The number of nitrogens with one attached hydrogen (secondary N) is 2. The average molecular weight is 349 g/mol. The molecule has 26 heavy (non-hydrogen) atoms. The van der Waals surface area contributed by atoms with E-state index in [1.54, 1.807) is 29.4 Å². The molecule has 2 aromatic heterocycles. The van der Waals surface area contributed by atoms with Crippen LogP contribution < -0.4 is 5.32 Å². The van der Waals surface area contributed by atoms with Gasteiger partial charge in [0, 0.05) is 36.9 Å². The number of likely N-dealkylation sites (tertiary alicyclic amines) is 1. The van der Waals surface area contributed by atoms with Gasteiger partial charge in [-0.3, -0.25) is 19.7 Å². The lowest BCUT2D eigenvalue weighted by Gasteiger charge is -2.32. The average Bonchev–Trinajstić information content (AvgIpc) is 3.13. The second kappa shape index (κ2) is 6.95. The van der Waals surface area contributed by atoms with Crippen molar-refractivity contribution in [2.75, 3.05) is 13.1 Å². The number of fused-ring (bicyclic) bond motifs is 1.